The molecule has 0 heterocycles. The van der Waals surface area contributed by atoms with E-state index < -0.39 is 22.0 Å². The molecule has 0 fully saturated rings. The van der Waals surface area contributed by atoms with E-state index in [2.05, 4.69) is 10.0 Å². The lowest BCUT2D eigenvalue weighted by atomic mass is 10.0. The van der Waals surface area contributed by atoms with Crippen LogP contribution in [0.5, 0.6) is 5.75 Å². The lowest BCUT2D eigenvalue weighted by Gasteiger charge is -2.19. The van der Waals surface area contributed by atoms with Crippen molar-refractivity contribution in [1.29, 1.82) is 0 Å². The Balaban J connectivity index is 2.23. The lowest BCUT2D eigenvalue weighted by molar-refractivity contribution is -0.117. The number of methoxy groups -OCH3 is 1. The summed E-state index contributed by atoms with van der Waals surface area (Å²) >= 11 is 0. The van der Waals surface area contributed by atoms with Gasteiger partial charge in [0.1, 0.15) is 5.75 Å². The Labute approximate surface area is 169 Å². The molecule has 6 N–H and O–H groups in total. The Bertz CT molecular complexity index is 978. The normalized spacial score (nSPS) is 12.4. The fraction of sp³-hybridized carbons (Fsp3) is 0.316. The highest BCUT2D eigenvalue weighted by Crippen LogP contribution is 2.29. The molecule has 1 amide bonds. The zero-order valence-corrected chi connectivity index (χ0v) is 17.0. The van der Waals surface area contributed by atoms with Crippen LogP contribution in [-0.2, 0) is 32.6 Å². The Hall–Kier alpha value is -2.82. The van der Waals surface area contributed by atoms with Crippen molar-refractivity contribution in [2.75, 3.05) is 29.9 Å². The number of benzene rings is 2. The summed E-state index contributed by atoms with van der Waals surface area (Å²) in [7, 11) is -2.04. The van der Waals surface area contributed by atoms with Gasteiger partial charge in [-0.3, -0.25) is 9.52 Å². The third kappa shape index (κ3) is 6.63. The Morgan fingerprint density at radius 1 is 1.24 bits per heavy atom. The van der Waals surface area contributed by atoms with Gasteiger partial charge in [-0.15, -0.1) is 0 Å². The molecule has 2 rings (SSSR count). The summed E-state index contributed by atoms with van der Waals surface area (Å²) in [5.41, 5.74) is 7.79. The number of hydrogen-bond acceptors (Lipinski definition) is 7. The largest absolute Gasteiger partial charge is 0.506 e. The van der Waals surface area contributed by atoms with Gasteiger partial charge in [0, 0.05) is 24.9 Å². The number of aromatic hydroxyl groups is 1. The molecule has 0 aromatic heterocycles. The van der Waals surface area contributed by atoms with Crippen LogP contribution >= 0.6 is 0 Å². The first-order valence-corrected chi connectivity index (χ1v) is 10.6. The van der Waals surface area contributed by atoms with Crippen LogP contribution in [0.15, 0.2) is 36.4 Å². The molecule has 158 valence electrons. The number of phenols is 1. The van der Waals surface area contributed by atoms with Gasteiger partial charge in [0.2, 0.25) is 15.9 Å². The molecule has 2 aromatic rings. The van der Waals surface area contributed by atoms with Gasteiger partial charge in [-0.05, 0) is 23.3 Å². The molecular weight excluding hydrogens is 398 g/mol. The van der Waals surface area contributed by atoms with E-state index in [1.54, 1.807) is 19.2 Å². The van der Waals surface area contributed by atoms with Gasteiger partial charge in [0.25, 0.3) is 0 Å². The van der Waals surface area contributed by atoms with Gasteiger partial charge in [-0.1, -0.05) is 24.3 Å². The second kappa shape index (κ2) is 9.59. The zero-order chi connectivity index (χ0) is 21.6. The van der Waals surface area contributed by atoms with E-state index in [4.69, 9.17) is 10.5 Å². The quantitative estimate of drug-likeness (QED) is 0.359. The van der Waals surface area contributed by atoms with Crippen molar-refractivity contribution in [2.24, 2.45) is 5.73 Å². The van der Waals surface area contributed by atoms with Crippen LogP contribution in [0, 0.1) is 0 Å². The SMILES string of the molecule is COCc1cccc(CC(N)=O)c1NCC(O)c1ccc(O)c(NS(C)(=O)=O)c1. The maximum absolute atomic E-state index is 11.4. The van der Waals surface area contributed by atoms with Gasteiger partial charge in [-0.25, -0.2) is 8.42 Å². The molecule has 0 spiro atoms. The highest BCUT2D eigenvalue weighted by atomic mass is 32.2. The number of rotatable bonds is 10. The Morgan fingerprint density at radius 2 is 1.93 bits per heavy atom. The molecule has 0 saturated carbocycles. The van der Waals surface area contributed by atoms with Crippen LogP contribution < -0.4 is 15.8 Å². The first kappa shape index (κ1) is 22.5. The fourth-order valence-electron chi connectivity index (χ4n) is 2.85. The number of primary amides is 1. The average molecular weight is 423 g/mol. The molecule has 0 aliphatic carbocycles. The van der Waals surface area contributed by atoms with Crippen molar-refractivity contribution < 1.29 is 28.2 Å². The van der Waals surface area contributed by atoms with E-state index in [0.717, 1.165) is 11.8 Å². The summed E-state index contributed by atoms with van der Waals surface area (Å²) < 4.78 is 30.2. The number of phenolic OH excluding ortho intramolecular Hbond substituents is 1. The monoisotopic (exact) mass is 423 g/mol. The molecule has 9 nitrogen and oxygen atoms in total. The molecule has 0 radical (unpaired) electrons. The van der Waals surface area contributed by atoms with Gasteiger partial charge in [0.05, 0.1) is 31.1 Å². The number of amides is 1. The highest BCUT2D eigenvalue weighted by Gasteiger charge is 2.15. The summed E-state index contributed by atoms with van der Waals surface area (Å²) in [6, 6.07) is 9.51. The predicted molar refractivity (Wildman–Crippen MR) is 110 cm³/mol. The molecule has 1 unspecified atom stereocenters. The van der Waals surface area contributed by atoms with Gasteiger partial charge >= 0.3 is 0 Å². The van der Waals surface area contributed by atoms with E-state index >= 15 is 0 Å². The first-order valence-electron chi connectivity index (χ1n) is 8.71. The lowest BCUT2D eigenvalue weighted by Crippen LogP contribution is -2.18. The van der Waals surface area contributed by atoms with E-state index in [1.807, 2.05) is 6.07 Å². The maximum Gasteiger partial charge on any atom is 0.229 e. The van der Waals surface area contributed by atoms with Crippen LogP contribution in [-0.4, -0.2) is 44.4 Å². The minimum atomic E-state index is -3.59. The van der Waals surface area contributed by atoms with E-state index in [9.17, 15) is 23.4 Å². The number of hydrogen-bond donors (Lipinski definition) is 5. The van der Waals surface area contributed by atoms with Crippen LogP contribution in [0.2, 0.25) is 0 Å². The van der Waals surface area contributed by atoms with E-state index in [1.165, 1.54) is 18.2 Å². The second-order valence-electron chi connectivity index (χ2n) is 6.57. The standard InChI is InChI=1S/C19H25N3O6S/c1-28-11-14-5-3-4-13(9-18(20)25)19(14)21-10-17(24)12-6-7-16(23)15(8-12)22-29(2,26)27/h3-8,17,21-24H,9-11H2,1-2H3,(H2,20,25). The molecule has 0 aliphatic heterocycles. The smallest absolute Gasteiger partial charge is 0.229 e. The molecule has 0 saturated heterocycles. The van der Waals surface area contributed by atoms with Crippen molar-refractivity contribution in [2.45, 2.75) is 19.1 Å². The minimum absolute atomic E-state index is 0.0254. The van der Waals surface area contributed by atoms with Crippen molar-refractivity contribution in [3.05, 3.63) is 53.1 Å². The van der Waals surface area contributed by atoms with Crippen molar-refractivity contribution in [1.82, 2.24) is 0 Å². The number of aliphatic hydroxyl groups excluding tert-OH is 1. The fourth-order valence-corrected chi connectivity index (χ4v) is 3.41. The van der Waals surface area contributed by atoms with Gasteiger partial charge in [0.15, 0.2) is 0 Å². The number of nitrogens with one attached hydrogen (secondary N) is 2. The number of aliphatic hydroxyl groups is 1. The van der Waals surface area contributed by atoms with E-state index in [0.29, 0.717) is 23.4 Å². The molecule has 29 heavy (non-hydrogen) atoms. The number of carbonyl (C=O) groups excluding carboxylic acids is 1. The number of nitrogens with two attached hydrogens (primary N) is 1. The number of carbonyl (C=O) groups is 1. The summed E-state index contributed by atoms with van der Waals surface area (Å²) in [4.78, 5) is 11.4. The third-order valence-electron chi connectivity index (χ3n) is 4.07. The number of anilines is 2. The summed E-state index contributed by atoms with van der Waals surface area (Å²) in [5.74, 6) is -0.744. The topological polar surface area (TPSA) is 151 Å². The number of para-hydroxylation sites is 1. The van der Waals surface area contributed by atoms with Crippen molar-refractivity contribution in [3.8, 4) is 5.75 Å². The van der Waals surface area contributed by atoms with Crippen molar-refractivity contribution in [3.63, 3.8) is 0 Å². The van der Waals surface area contributed by atoms with Gasteiger partial charge < -0.3 is 26.0 Å². The summed E-state index contributed by atoms with van der Waals surface area (Å²) in [6.07, 6.45) is -0.0328. The van der Waals surface area contributed by atoms with Crippen LogP contribution in [0.25, 0.3) is 0 Å². The molecule has 10 heteroatoms. The zero-order valence-electron chi connectivity index (χ0n) is 16.2. The Morgan fingerprint density at radius 3 is 2.55 bits per heavy atom. The van der Waals surface area contributed by atoms with Gasteiger partial charge in [-0.2, -0.15) is 0 Å². The first-order chi connectivity index (χ1) is 13.6. The minimum Gasteiger partial charge on any atom is -0.506 e. The average Bonchev–Trinajstić information content (AvgIpc) is 2.61. The number of ether oxygens (including phenoxy) is 1. The van der Waals surface area contributed by atoms with Crippen LogP contribution in [0.1, 0.15) is 22.8 Å². The van der Waals surface area contributed by atoms with Crippen LogP contribution in [0.3, 0.4) is 0 Å². The molecular formula is C19H25N3O6S. The number of sulfonamides is 1. The van der Waals surface area contributed by atoms with E-state index in [-0.39, 0.29) is 24.4 Å². The highest BCUT2D eigenvalue weighted by molar-refractivity contribution is 7.92. The van der Waals surface area contributed by atoms with Crippen LogP contribution in [0.4, 0.5) is 11.4 Å². The summed E-state index contributed by atoms with van der Waals surface area (Å²) in [5, 5.41) is 23.5. The van der Waals surface area contributed by atoms with Crippen molar-refractivity contribution >= 4 is 27.3 Å². The summed E-state index contributed by atoms with van der Waals surface area (Å²) in [6.45, 7) is 0.363. The second-order valence-corrected chi connectivity index (χ2v) is 8.32. The molecule has 1 atom stereocenters. The maximum atomic E-state index is 11.4. The molecule has 0 bridgehead atoms. The molecule has 0 aliphatic rings. The molecule has 2 aromatic carbocycles. The Kier molecular flexibility index (Phi) is 7.43. The predicted octanol–water partition coefficient (Wildman–Crippen LogP) is 1.08. The third-order valence-corrected chi connectivity index (χ3v) is 4.67.